The van der Waals surface area contributed by atoms with E-state index in [1.54, 1.807) is 69.2 Å². The highest BCUT2D eigenvalue weighted by molar-refractivity contribution is 6.03. The summed E-state index contributed by atoms with van der Waals surface area (Å²) in [6, 6.07) is -9.04. The lowest BCUT2D eigenvalue weighted by molar-refractivity contribution is -0.161. The summed E-state index contributed by atoms with van der Waals surface area (Å²) in [5.41, 5.74) is 5.96. The topological polar surface area (TPSA) is 284 Å². The van der Waals surface area contributed by atoms with E-state index >= 15 is 0 Å². The van der Waals surface area contributed by atoms with Crippen LogP contribution in [0.2, 0.25) is 0 Å². The van der Waals surface area contributed by atoms with Crippen LogP contribution in [0.4, 0.5) is 0 Å². The fourth-order valence-electron chi connectivity index (χ4n) is 5.31. The Kier molecular flexibility index (Phi) is 20.1. The van der Waals surface area contributed by atoms with Crippen LogP contribution in [-0.4, -0.2) is 111 Å². The Labute approximate surface area is 317 Å². The lowest BCUT2D eigenvalue weighted by Gasteiger charge is -2.33. The number of hydrogen-bond donors (Lipinski definition) is 8. The van der Waals surface area contributed by atoms with E-state index in [2.05, 4.69) is 26.6 Å². The number of carbonyl (C=O) groups excluding carboxylic acids is 7. The van der Waals surface area contributed by atoms with Crippen LogP contribution < -0.4 is 32.3 Å². The highest BCUT2D eigenvalue weighted by atomic mass is 16.4. The third kappa shape index (κ3) is 14.7. The SMILES string of the molecule is CC(=O)N(C(=O)[C@@H](NC(=O)[C@@H](NC(=O)[C@@H](NC(=O)[C@@H](NC(=O)[C@@H](NC(=O)[C@@H](N)C(C)C)C(C)C)C(C)C)C(C)C)C(C)C)C(C)C)[C@@H](CC(=O)O)C(=O)O. The molecule has 9 N–H and O–H groups in total. The summed E-state index contributed by atoms with van der Waals surface area (Å²) < 4.78 is 0. The largest absolute Gasteiger partial charge is 0.481 e. The summed E-state index contributed by atoms with van der Waals surface area (Å²) >= 11 is 0. The number of imide groups is 1. The number of nitrogens with zero attached hydrogens (tertiary/aromatic N) is 1. The summed E-state index contributed by atoms with van der Waals surface area (Å²) in [7, 11) is 0. The highest BCUT2D eigenvalue weighted by Crippen LogP contribution is 2.16. The molecule has 308 valence electrons. The van der Waals surface area contributed by atoms with Crippen LogP contribution >= 0.6 is 0 Å². The van der Waals surface area contributed by atoms with Crippen molar-refractivity contribution in [2.24, 2.45) is 41.2 Å². The second-order valence-electron chi connectivity index (χ2n) is 15.6. The molecule has 0 saturated carbocycles. The first-order chi connectivity index (χ1) is 24.7. The maximum atomic E-state index is 13.7. The van der Waals surface area contributed by atoms with Crippen LogP contribution in [0.15, 0.2) is 0 Å². The van der Waals surface area contributed by atoms with Crippen LogP contribution in [0.3, 0.4) is 0 Å². The number of carboxylic acids is 2. The van der Waals surface area contributed by atoms with Crippen molar-refractivity contribution in [2.45, 2.75) is 139 Å². The third-order valence-electron chi connectivity index (χ3n) is 8.78. The molecule has 0 aliphatic rings. The molecule has 0 aromatic rings. The van der Waals surface area contributed by atoms with E-state index in [0.29, 0.717) is 0 Å². The van der Waals surface area contributed by atoms with Crippen LogP contribution in [-0.2, 0) is 43.2 Å². The standard InChI is InChI=1S/C36H63N7O11/c1-15(2)24(37)30(47)38-25(16(3)4)31(48)39-26(17(5)6)32(49)40-27(18(7)8)33(50)41-28(19(9)10)34(51)42-29(20(11)12)35(52)43(21(13)44)22(36(53)54)14-23(45)46/h15-20,22,24-29H,14,37H2,1-13H3,(H,38,47)(H,39,48)(H,40,49)(H,41,50)(H,42,51)(H,45,46)(H,53,54)/t22-,24-,25-,26-,27-,28-,29-/m0/s1. The number of nitrogens with two attached hydrogens (primary N) is 1. The highest BCUT2D eigenvalue weighted by Gasteiger charge is 2.41. The van der Waals surface area contributed by atoms with E-state index < -0.39 is 126 Å². The minimum absolute atomic E-state index is 0.186. The van der Waals surface area contributed by atoms with Crippen LogP contribution in [0.5, 0.6) is 0 Å². The van der Waals surface area contributed by atoms with Gasteiger partial charge in [-0.05, 0) is 35.5 Å². The molecule has 0 aliphatic heterocycles. The zero-order valence-corrected chi connectivity index (χ0v) is 33.8. The average Bonchev–Trinajstić information content (AvgIpc) is 3.03. The summed E-state index contributed by atoms with van der Waals surface area (Å²) in [6.07, 6.45) is -1.07. The second-order valence-corrected chi connectivity index (χ2v) is 15.6. The van der Waals surface area contributed by atoms with Crippen molar-refractivity contribution in [3.8, 4) is 0 Å². The number of carboxylic acid groups (broad SMARTS) is 2. The lowest BCUT2D eigenvalue weighted by Crippen LogP contribution is -2.63. The van der Waals surface area contributed by atoms with Gasteiger partial charge in [-0.1, -0.05) is 83.1 Å². The summed E-state index contributed by atoms with van der Waals surface area (Å²) in [6.45, 7) is 20.8. The van der Waals surface area contributed by atoms with Crippen LogP contribution in [0.1, 0.15) is 96.4 Å². The molecule has 0 aromatic carbocycles. The van der Waals surface area contributed by atoms with Crippen LogP contribution in [0, 0.1) is 35.5 Å². The summed E-state index contributed by atoms with van der Waals surface area (Å²) in [5, 5.41) is 31.9. The maximum Gasteiger partial charge on any atom is 0.327 e. The molecule has 0 aliphatic carbocycles. The molecule has 0 fully saturated rings. The average molecular weight is 770 g/mol. The predicted octanol–water partition coefficient (Wildman–Crippen LogP) is -0.0233. The molecule has 0 aromatic heterocycles. The molecule has 7 amide bonds. The maximum absolute atomic E-state index is 13.7. The molecule has 0 rings (SSSR count). The summed E-state index contributed by atoms with van der Waals surface area (Å²) in [5.74, 6) is -11.8. The molecule has 0 bridgehead atoms. The van der Waals surface area contributed by atoms with Crippen molar-refractivity contribution in [3.05, 3.63) is 0 Å². The van der Waals surface area contributed by atoms with Crippen molar-refractivity contribution in [2.75, 3.05) is 0 Å². The number of hydrogen-bond acceptors (Lipinski definition) is 10. The van der Waals surface area contributed by atoms with Crippen molar-refractivity contribution in [1.82, 2.24) is 31.5 Å². The first-order valence-corrected chi connectivity index (χ1v) is 18.2. The van der Waals surface area contributed by atoms with E-state index in [0.717, 1.165) is 6.92 Å². The molecular formula is C36H63N7O11. The van der Waals surface area contributed by atoms with Crippen molar-refractivity contribution < 1.29 is 53.4 Å². The smallest absolute Gasteiger partial charge is 0.327 e. The van der Waals surface area contributed by atoms with Gasteiger partial charge in [-0.3, -0.25) is 43.3 Å². The fraction of sp³-hybridized carbons (Fsp3) is 0.750. The molecule has 18 heteroatoms. The van der Waals surface area contributed by atoms with Crippen LogP contribution in [0.25, 0.3) is 0 Å². The van der Waals surface area contributed by atoms with Gasteiger partial charge in [0.1, 0.15) is 36.3 Å². The van der Waals surface area contributed by atoms with E-state index in [1.807, 2.05) is 0 Å². The Hall–Kier alpha value is -4.61. The number of aliphatic carboxylic acids is 2. The van der Waals surface area contributed by atoms with Gasteiger partial charge >= 0.3 is 11.9 Å². The minimum atomic E-state index is -2.04. The molecule has 0 radical (unpaired) electrons. The van der Waals surface area contributed by atoms with Gasteiger partial charge < -0.3 is 42.5 Å². The van der Waals surface area contributed by atoms with E-state index in [4.69, 9.17) is 5.73 Å². The Morgan fingerprint density at radius 3 is 0.981 bits per heavy atom. The molecule has 0 unspecified atom stereocenters. The lowest BCUT2D eigenvalue weighted by atomic mass is 9.96. The van der Waals surface area contributed by atoms with Gasteiger partial charge in [0.2, 0.25) is 35.4 Å². The number of nitrogens with one attached hydrogen (secondary N) is 5. The molecule has 0 saturated heterocycles. The van der Waals surface area contributed by atoms with Gasteiger partial charge in [0.15, 0.2) is 0 Å². The zero-order chi connectivity index (χ0) is 42.5. The van der Waals surface area contributed by atoms with Gasteiger partial charge in [-0.25, -0.2) is 4.79 Å². The van der Waals surface area contributed by atoms with Gasteiger partial charge in [-0.2, -0.15) is 0 Å². The molecule has 0 heterocycles. The fourth-order valence-corrected chi connectivity index (χ4v) is 5.31. The van der Waals surface area contributed by atoms with E-state index in [-0.39, 0.29) is 16.7 Å². The van der Waals surface area contributed by atoms with Crippen molar-refractivity contribution in [3.63, 3.8) is 0 Å². The molecular weight excluding hydrogens is 706 g/mol. The van der Waals surface area contributed by atoms with Crippen molar-refractivity contribution >= 4 is 53.3 Å². The Morgan fingerprint density at radius 1 is 0.481 bits per heavy atom. The quantitative estimate of drug-likeness (QED) is 0.0765. The summed E-state index contributed by atoms with van der Waals surface area (Å²) in [4.78, 5) is 117. The Balaban J connectivity index is 6.27. The number of amides is 7. The Bertz CT molecular complexity index is 1380. The van der Waals surface area contributed by atoms with E-state index in [9.17, 15) is 53.4 Å². The second kappa shape index (κ2) is 21.9. The molecule has 54 heavy (non-hydrogen) atoms. The first-order valence-electron chi connectivity index (χ1n) is 18.2. The van der Waals surface area contributed by atoms with Gasteiger partial charge in [0.25, 0.3) is 5.91 Å². The number of rotatable bonds is 21. The normalized spacial score (nSPS) is 15.5. The predicted molar refractivity (Wildman–Crippen MR) is 198 cm³/mol. The minimum Gasteiger partial charge on any atom is -0.481 e. The van der Waals surface area contributed by atoms with Gasteiger partial charge in [0.05, 0.1) is 12.5 Å². The third-order valence-corrected chi connectivity index (χ3v) is 8.78. The first kappa shape index (κ1) is 49.4. The van der Waals surface area contributed by atoms with E-state index in [1.165, 1.54) is 13.8 Å². The van der Waals surface area contributed by atoms with Gasteiger partial charge in [-0.15, -0.1) is 0 Å². The van der Waals surface area contributed by atoms with Gasteiger partial charge in [0, 0.05) is 6.92 Å². The molecule has 0 spiro atoms. The Morgan fingerprint density at radius 2 is 0.759 bits per heavy atom. The van der Waals surface area contributed by atoms with Crippen molar-refractivity contribution in [1.29, 1.82) is 0 Å². The molecule has 18 nitrogen and oxygen atoms in total. The number of carbonyl (C=O) groups is 9. The zero-order valence-electron chi connectivity index (χ0n) is 33.8. The monoisotopic (exact) mass is 769 g/mol. The molecule has 7 atom stereocenters.